The van der Waals surface area contributed by atoms with Gasteiger partial charge >= 0.3 is 0 Å². The molecule has 11 nitrogen and oxygen atoms in total. The minimum atomic E-state index is -0.223. The lowest BCUT2D eigenvalue weighted by Crippen LogP contribution is -2.44. The van der Waals surface area contributed by atoms with E-state index in [1.165, 1.54) is 12.1 Å². The molecule has 11 heteroatoms. The molecule has 2 bridgehead atoms. The second-order valence-corrected chi connectivity index (χ2v) is 10.2. The minimum absolute atomic E-state index is 0.223. The van der Waals surface area contributed by atoms with Crippen molar-refractivity contribution in [1.29, 1.82) is 0 Å². The summed E-state index contributed by atoms with van der Waals surface area (Å²) in [5, 5.41) is 3.69. The Balaban J connectivity index is 1.23. The van der Waals surface area contributed by atoms with Crippen molar-refractivity contribution < 1.29 is 0 Å². The molecule has 5 aromatic rings. The molecule has 2 atom stereocenters. The lowest BCUT2D eigenvalue weighted by atomic mass is 10.2. The molecule has 0 radical (unpaired) electrons. The van der Waals surface area contributed by atoms with Crippen LogP contribution >= 0.6 is 0 Å². The summed E-state index contributed by atoms with van der Waals surface area (Å²) in [5.41, 5.74) is 2.90. The van der Waals surface area contributed by atoms with Gasteiger partial charge in [-0.05, 0) is 55.9 Å². The maximum Gasteiger partial charge on any atom is 0.278 e. The van der Waals surface area contributed by atoms with Crippen LogP contribution in [0.2, 0.25) is 0 Å². The van der Waals surface area contributed by atoms with Gasteiger partial charge in [0.15, 0.2) is 17.3 Å². The van der Waals surface area contributed by atoms with Gasteiger partial charge < -0.3 is 10.2 Å². The normalized spacial score (nSPS) is 18.5. The monoisotopic (exact) mass is 532 g/mol. The maximum atomic E-state index is 13.3. The summed E-state index contributed by atoms with van der Waals surface area (Å²) < 4.78 is 3.24. The number of nitrogens with zero attached hydrogens (tertiary/aromatic N) is 9. The molecular weight excluding hydrogens is 504 g/mol. The summed E-state index contributed by atoms with van der Waals surface area (Å²) in [6, 6.07) is 16.8. The zero-order valence-electron chi connectivity index (χ0n) is 22.1. The first-order valence-corrected chi connectivity index (χ1v) is 13.3. The van der Waals surface area contributed by atoms with Crippen molar-refractivity contribution in [2.75, 3.05) is 30.4 Å². The molecule has 1 N–H and O–H groups in total. The summed E-state index contributed by atoms with van der Waals surface area (Å²) >= 11 is 0. The highest BCUT2D eigenvalue weighted by Crippen LogP contribution is 2.34. The summed E-state index contributed by atoms with van der Waals surface area (Å²) in [6.07, 6.45) is 7.79. The van der Waals surface area contributed by atoms with E-state index in [1.54, 1.807) is 40.1 Å². The lowest BCUT2D eigenvalue weighted by Gasteiger charge is -2.33. The van der Waals surface area contributed by atoms with Gasteiger partial charge in [-0.3, -0.25) is 9.69 Å². The van der Waals surface area contributed by atoms with Crippen LogP contribution in [0.3, 0.4) is 0 Å². The van der Waals surface area contributed by atoms with Gasteiger partial charge in [0.25, 0.3) is 5.56 Å². The lowest BCUT2D eigenvalue weighted by molar-refractivity contribution is 0.292. The fourth-order valence-electron chi connectivity index (χ4n) is 5.75. The molecule has 0 saturated carbocycles. The van der Waals surface area contributed by atoms with E-state index < -0.39 is 0 Å². The number of likely N-dealkylation sites (N-methyl/N-ethyl adjacent to an activating group) is 1. The molecule has 1 aromatic carbocycles. The van der Waals surface area contributed by atoms with E-state index >= 15 is 0 Å². The molecule has 7 rings (SSSR count). The average molecular weight is 533 g/mol. The molecule has 4 aromatic heterocycles. The number of anilines is 3. The summed E-state index contributed by atoms with van der Waals surface area (Å²) in [4.78, 5) is 40.8. The number of hydrogen-bond acceptors (Lipinski definition) is 9. The van der Waals surface area contributed by atoms with Crippen molar-refractivity contribution in [2.45, 2.75) is 25.0 Å². The van der Waals surface area contributed by atoms with Gasteiger partial charge in [-0.1, -0.05) is 12.1 Å². The third-order valence-corrected chi connectivity index (χ3v) is 7.69. The smallest absolute Gasteiger partial charge is 0.278 e. The largest absolute Gasteiger partial charge is 0.366 e. The molecular formula is C29H28N10O. The average Bonchev–Trinajstić information content (AvgIpc) is 3.65. The number of allylic oxidation sites excluding steroid dienone is 1. The second-order valence-electron chi connectivity index (χ2n) is 10.2. The number of nitrogens with one attached hydrogen (secondary N) is 1. The topological polar surface area (TPSA) is 110 Å². The fourth-order valence-corrected chi connectivity index (χ4v) is 5.75. The predicted molar refractivity (Wildman–Crippen MR) is 154 cm³/mol. The van der Waals surface area contributed by atoms with Gasteiger partial charge in [0.05, 0.1) is 6.54 Å². The predicted octanol–water partition coefficient (Wildman–Crippen LogP) is 3.26. The van der Waals surface area contributed by atoms with Gasteiger partial charge in [-0.15, -0.1) is 6.58 Å². The number of fused-ring (bicyclic) bond motifs is 3. The number of piperazine rings is 1. The standard InChI is InChI=1S/C29H28N10O/c1-3-14-38-28(40)23-16-32-29(33-19-8-10-20(11-9-19)37-18-21-15-22(37)17-36(21)2)35-27(23)39(38)25-7-4-6-24(34-25)26-30-12-5-13-31-26/h3-13,16,21-22H,1,14-15,17-18H2,2H3,(H,32,33,35)/t21-,22-/m0/s1. The van der Waals surface area contributed by atoms with Crippen molar-refractivity contribution >= 4 is 28.4 Å². The Morgan fingerprint density at radius 2 is 1.82 bits per heavy atom. The van der Waals surface area contributed by atoms with Crippen LogP contribution in [-0.4, -0.2) is 71.4 Å². The van der Waals surface area contributed by atoms with Crippen LogP contribution in [0.25, 0.3) is 28.4 Å². The molecule has 0 amide bonds. The SMILES string of the molecule is C=CCn1c(=O)c2cnc(Nc3ccc(N4C[C@@H]5C[C@H]4CN5C)cc3)nc2n1-c1cccc(-c2ncccn2)n1. The van der Waals surface area contributed by atoms with E-state index in [4.69, 9.17) is 9.97 Å². The zero-order chi connectivity index (χ0) is 27.2. The van der Waals surface area contributed by atoms with Crippen molar-refractivity contribution in [2.24, 2.45) is 0 Å². The zero-order valence-corrected chi connectivity index (χ0v) is 22.1. The highest BCUT2D eigenvalue weighted by Gasteiger charge is 2.41. The van der Waals surface area contributed by atoms with E-state index in [0.29, 0.717) is 46.4 Å². The highest BCUT2D eigenvalue weighted by molar-refractivity contribution is 5.77. The van der Waals surface area contributed by atoms with Crippen molar-refractivity contribution in [3.8, 4) is 17.3 Å². The van der Waals surface area contributed by atoms with Crippen LogP contribution in [0.15, 0.2) is 84.6 Å². The van der Waals surface area contributed by atoms with Crippen molar-refractivity contribution in [1.82, 2.24) is 39.2 Å². The Hall–Kier alpha value is -4.90. The Labute approximate surface area is 230 Å². The third-order valence-electron chi connectivity index (χ3n) is 7.69. The number of benzene rings is 1. The molecule has 200 valence electrons. The third kappa shape index (κ3) is 4.11. The Morgan fingerprint density at radius 3 is 2.55 bits per heavy atom. The first-order valence-electron chi connectivity index (χ1n) is 13.3. The van der Waals surface area contributed by atoms with Gasteiger partial charge in [-0.2, -0.15) is 4.98 Å². The van der Waals surface area contributed by atoms with E-state index in [-0.39, 0.29) is 12.1 Å². The van der Waals surface area contributed by atoms with Gasteiger partial charge in [0, 0.05) is 55.1 Å². The number of rotatable bonds is 7. The van der Waals surface area contributed by atoms with Crippen LogP contribution in [-0.2, 0) is 6.54 Å². The number of likely N-dealkylation sites (tertiary alicyclic amines) is 1. The van der Waals surface area contributed by atoms with Crippen molar-refractivity contribution in [3.63, 3.8) is 0 Å². The molecule has 0 spiro atoms. The molecule has 6 heterocycles. The van der Waals surface area contributed by atoms with Gasteiger partial charge in [-0.25, -0.2) is 29.3 Å². The fraction of sp³-hybridized carbons (Fsp3) is 0.241. The summed E-state index contributed by atoms with van der Waals surface area (Å²) in [7, 11) is 2.21. The highest BCUT2D eigenvalue weighted by atomic mass is 16.1. The molecule has 0 aliphatic carbocycles. The Morgan fingerprint density at radius 1 is 1.00 bits per heavy atom. The van der Waals surface area contributed by atoms with Crippen molar-refractivity contribution in [3.05, 3.63) is 90.1 Å². The Bertz CT molecular complexity index is 1760. The molecule has 0 unspecified atom stereocenters. The maximum absolute atomic E-state index is 13.3. The van der Waals surface area contributed by atoms with Crippen LogP contribution in [0.1, 0.15) is 6.42 Å². The minimum Gasteiger partial charge on any atom is -0.366 e. The van der Waals surface area contributed by atoms with Crippen LogP contribution in [0.4, 0.5) is 17.3 Å². The molecule has 40 heavy (non-hydrogen) atoms. The van der Waals surface area contributed by atoms with Crippen LogP contribution in [0.5, 0.6) is 0 Å². The summed E-state index contributed by atoms with van der Waals surface area (Å²) in [6.45, 7) is 6.28. The molecule has 2 aliphatic rings. The van der Waals surface area contributed by atoms with Gasteiger partial charge in [0.2, 0.25) is 5.95 Å². The van der Waals surface area contributed by atoms with E-state index in [1.807, 2.05) is 30.3 Å². The molecule has 2 aliphatic heterocycles. The summed E-state index contributed by atoms with van der Waals surface area (Å²) in [5.74, 6) is 1.39. The number of hydrogen-bond donors (Lipinski definition) is 1. The first-order chi connectivity index (χ1) is 19.6. The van der Waals surface area contributed by atoms with Crippen LogP contribution < -0.4 is 15.8 Å². The van der Waals surface area contributed by atoms with E-state index in [9.17, 15) is 4.79 Å². The molecule has 2 fully saturated rings. The van der Waals surface area contributed by atoms with E-state index in [0.717, 1.165) is 18.8 Å². The number of pyridine rings is 1. The van der Waals surface area contributed by atoms with Gasteiger partial charge in [0.1, 0.15) is 11.1 Å². The number of aromatic nitrogens is 7. The molecule has 2 saturated heterocycles. The quantitative estimate of drug-likeness (QED) is 0.316. The Kier molecular flexibility index (Phi) is 5.85. The first kappa shape index (κ1) is 24.2. The second kappa shape index (κ2) is 9.69. The van der Waals surface area contributed by atoms with Crippen LogP contribution in [0, 0.1) is 0 Å². The van der Waals surface area contributed by atoms with E-state index in [2.05, 4.69) is 55.8 Å².